The predicted molar refractivity (Wildman–Crippen MR) is 86.7 cm³/mol. The van der Waals surface area contributed by atoms with Gasteiger partial charge in [0.2, 0.25) is 5.91 Å². The van der Waals surface area contributed by atoms with Crippen molar-refractivity contribution in [2.75, 3.05) is 30.8 Å². The highest BCUT2D eigenvalue weighted by molar-refractivity contribution is 7.99. The van der Waals surface area contributed by atoms with Crippen LogP contribution in [-0.2, 0) is 14.4 Å². The lowest BCUT2D eigenvalue weighted by Crippen LogP contribution is -2.20. The van der Waals surface area contributed by atoms with E-state index in [1.165, 1.54) is 11.8 Å². The first kappa shape index (κ1) is 20.9. The zero-order chi connectivity index (χ0) is 17.7. The van der Waals surface area contributed by atoms with E-state index >= 15 is 0 Å². The average molecular weight is 344 g/mol. The summed E-state index contributed by atoms with van der Waals surface area (Å²) in [5, 5.41) is 29.2. The van der Waals surface area contributed by atoms with Crippen molar-refractivity contribution in [3.63, 3.8) is 0 Å². The molecule has 8 nitrogen and oxygen atoms in total. The molecule has 0 bridgehead atoms. The summed E-state index contributed by atoms with van der Waals surface area (Å²) in [6.07, 6.45) is 0. The van der Waals surface area contributed by atoms with E-state index in [-0.39, 0.29) is 12.5 Å². The van der Waals surface area contributed by atoms with E-state index in [2.05, 4.69) is 10.6 Å². The van der Waals surface area contributed by atoms with Gasteiger partial charge in [-0.15, -0.1) is 11.8 Å². The van der Waals surface area contributed by atoms with Gasteiger partial charge in [-0.2, -0.15) is 0 Å². The number of nitrogens with one attached hydrogen (secondary N) is 2. The standard InChI is InChI=1S/C12H18N2O2S.C2H2O4/c1-10(16)14-11-2-4-12(5-3-11)17-9-7-13-6-8-15;3-1(4)2(5)6/h2-5,13,15H,6-9H2,1H3,(H,14,16);(H,3,4)(H,5,6). The van der Waals surface area contributed by atoms with Crippen LogP contribution in [0.25, 0.3) is 0 Å². The Morgan fingerprint density at radius 2 is 1.61 bits per heavy atom. The van der Waals surface area contributed by atoms with Gasteiger partial charge in [0.05, 0.1) is 6.61 Å². The molecule has 0 heterocycles. The molecule has 0 saturated carbocycles. The van der Waals surface area contributed by atoms with Crippen LogP contribution in [0.3, 0.4) is 0 Å². The third-order valence-electron chi connectivity index (χ3n) is 2.19. The summed E-state index contributed by atoms with van der Waals surface area (Å²) < 4.78 is 0. The lowest BCUT2D eigenvalue weighted by Gasteiger charge is -2.05. The molecule has 128 valence electrons. The van der Waals surface area contributed by atoms with Crippen molar-refractivity contribution < 1.29 is 29.7 Å². The molecule has 0 unspecified atom stereocenters. The molecule has 0 aromatic heterocycles. The predicted octanol–water partition coefficient (Wildman–Crippen LogP) is 0.475. The number of carbonyl (C=O) groups is 3. The third kappa shape index (κ3) is 12.2. The number of carboxylic acid groups (broad SMARTS) is 2. The minimum absolute atomic E-state index is 0.0568. The van der Waals surface area contributed by atoms with Gasteiger partial charge < -0.3 is 26.0 Å². The monoisotopic (exact) mass is 344 g/mol. The highest BCUT2D eigenvalue weighted by Gasteiger charge is 2.04. The molecule has 1 aromatic rings. The molecule has 5 N–H and O–H groups in total. The van der Waals surface area contributed by atoms with Crippen LogP contribution in [-0.4, -0.2) is 58.6 Å². The lowest BCUT2D eigenvalue weighted by atomic mass is 10.3. The Kier molecular flexibility index (Phi) is 11.3. The number of hydrogen-bond acceptors (Lipinski definition) is 6. The van der Waals surface area contributed by atoms with Gasteiger partial charge in [0.1, 0.15) is 0 Å². The number of aliphatic carboxylic acids is 2. The summed E-state index contributed by atoms with van der Waals surface area (Å²) in [7, 11) is 0. The molecule has 0 spiro atoms. The summed E-state index contributed by atoms with van der Waals surface area (Å²) in [6.45, 7) is 3.19. The van der Waals surface area contributed by atoms with Crippen LogP contribution < -0.4 is 10.6 Å². The number of hydrogen-bond donors (Lipinski definition) is 5. The number of carbonyl (C=O) groups excluding carboxylic acids is 1. The van der Waals surface area contributed by atoms with Crippen LogP contribution in [0.4, 0.5) is 5.69 Å². The number of rotatable bonds is 7. The van der Waals surface area contributed by atoms with Crippen molar-refractivity contribution >= 4 is 35.3 Å². The summed E-state index contributed by atoms with van der Waals surface area (Å²) in [5.74, 6) is -2.75. The SMILES string of the molecule is CC(=O)Nc1ccc(SCCNCCO)cc1.O=C(O)C(=O)O. The van der Waals surface area contributed by atoms with E-state index in [0.717, 1.165) is 18.0 Å². The minimum atomic E-state index is -1.82. The Bertz CT molecular complexity index is 494. The van der Waals surface area contributed by atoms with E-state index in [0.29, 0.717) is 6.54 Å². The van der Waals surface area contributed by atoms with Crippen molar-refractivity contribution in [2.45, 2.75) is 11.8 Å². The number of benzene rings is 1. The average Bonchev–Trinajstić information content (AvgIpc) is 2.48. The van der Waals surface area contributed by atoms with Gasteiger partial charge in [0, 0.05) is 36.3 Å². The van der Waals surface area contributed by atoms with Crippen molar-refractivity contribution in [3.8, 4) is 0 Å². The lowest BCUT2D eigenvalue weighted by molar-refractivity contribution is -0.159. The molecular weight excluding hydrogens is 324 g/mol. The van der Waals surface area contributed by atoms with Gasteiger partial charge in [-0.25, -0.2) is 9.59 Å². The molecule has 0 fully saturated rings. The molecule has 9 heteroatoms. The summed E-state index contributed by atoms with van der Waals surface area (Å²) in [5.41, 5.74) is 0.820. The summed E-state index contributed by atoms with van der Waals surface area (Å²) in [4.78, 5) is 30.2. The van der Waals surface area contributed by atoms with Crippen LogP contribution >= 0.6 is 11.8 Å². The molecule has 0 aliphatic heterocycles. The molecule has 0 saturated heterocycles. The number of carboxylic acids is 2. The van der Waals surface area contributed by atoms with Gasteiger partial charge in [0.25, 0.3) is 0 Å². The van der Waals surface area contributed by atoms with E-state index in [4.69, 9.17) is 24.9 Å². The number of thioether (sulfide) groups is 1. The van der Waals surface area contributed by atoms with E-state index < -0.39 is 11.9 Å². The molecule has 1 aromatic carbocycles. The molecule has 0 aliphatic carbocycles. The first-order chi connectivity index (χ1) is 10.9. The van der Waals surface area contributed by atoms with E-state index in [9.17, 15) is 4.79 Å². The highest BCUT2D eigenvalue weighted by atomic mass is 32.2. The van der Waals surface area contributed by atoms with Crippen molar-refractivity contribution in [1.82, 2.24) is 5.32 Å². The number of aliphatic hydroxyl groups is 1. The van der Waals surface area contributed by atoms with Crippen LogP contribution in [0.2, 0.25) is 0 Å². The smallest absolute Gasteiger partial charge is 0.414 e. The fourth-order valence-electron chi connectivity index (χ4n) is 1.28. The maximum Gasteiger partial charge on any atom is 0.414 e. The Morgan fingerprint density at radius 1 is 1.04 bits per heavy atom. The number of amides is 1. The minimum Gasteiger partial charge on any atom is -0.473 e. The van der Waals surface area contributed by atoms with Crippen molar-refractivity contribution in [1.29, 1.82) is 0 Å². The Hall–Kier alpha value is -2.10. The van der Waals surface area contributed by atoms with Crippen LogP contribution in [0, 0.1) is 0 Å². The first-order valence-electron chi connectivity index (χ1n) is 6.65. The Labute approximate surface area is 137 Å². The highest BCUT2D eigenvalue weighted by Crippen LogP contribution is 2.19. The Morgan fingerprint density at radius 3 is 2.04 bits per heavy atom. The zero-order valence-corrected chi connectivity index (χ0v) is 13.4. The number of aliphatic hydroxyl groups excluding tert-OH is 1. The fraction of sp³-hybridized carbons (Fsp3) is 0.357. The van der Waals surface area contributed by atoms with Gasteiger partial charge >= 0.3 is 11.9 Å². The van der Waals surface area contributed by atoms with Crippen molar-refractivity contribution in [3.05, 3.63) is 24.3 Å². The largest absolute Gasteiger partial charge is 0.473 e. The fourth-order valence-corrected chi connectivity index (χ4v) is 2.09. The molecule has 0 atom stereocenters. The first-order valence-corrected chi connectivity index (χ1v) is 7.63. The third-order valence-corrected chi connectivity index (χ3v) is 3.21. The topological polar surface area (TPSA) is 136 Å². The zero-order valence-electron chi connectivity index (χ0n) is 12.6. The molecule has 0 radical (unpaired) electrons. The summed E-state index contributed by atoms with van der Waals surface area (Å²) >= 11 is 1.74. The molecule has 1 rings (SSSR count). The molecule has 1 amide bonds. The van der Waals surface area contributed by atoms with Gasteiger partial charge in [0.15, 0.2) is 0 Å². The number of anilines is 1. The van der Waals surface area contributed by atoms with Gasteiger partial charge in [-0.3, -0.25) is 4.79 Å². The van der Waals surface area contributed by atoms with E-state index in [1.54, 1.807) is 11.8 Å². The van der Waals surface area contributed by atoms with Gasteiger partial charge in [-0.1, -0.05) is 0 Å². The second-order valence-electron chi connectivity index (χ2n) is 4.14. The molecular formula is C14H20N2O6S. The maximum absolute atomic E-state index is 10.8. The Balaban J connectivity index is 0.000000688. The van der Waals surface area contributed by atoms with Crippen LogP contribution in [0.1, 0.15) is 6.92 Å². The molecule has 0 aliphatic rings. The van der Waals surface area contributed by atoms with Crippen LogP contribution in [0.15, 0.2) is 29.2 Å². The second kappa shape index (κ2) is 12.4. The summed E-state index contributed by atoms with van der Waals surface area (Å²) in [6, 6.07) is 7.76. The van der Waals surface area contributed by atoms with Gasteiger partial charge in [-0.05, 0) is 24.3 Å². The quantitative estimate of drug-likeness (QED) is 0.274. The van der Waals surface area contributed by atoms with Crippen LogP contribution in [0.5, 0.6) is 0 Å². The molecule has 23 heavy (non-hydrogen) atoms. The van der Waals surface area contributed by atoms with E-state index in [1.807, 2.05) is 24.3 Å². The van der Waals surface area contributed by atoms with Crippen molar-refractivity contribution in [2.24, 2.45) is 0 Å². The normalized spacial score (nSPS) is 9.48. The maximum atomic E-state index is 10.8. The second-order valence-corrected chi connectivity index (χ2v) is 5.31.